The molecule has 0 aliphatic heterocycles. The molecule has 0 saturated carbocycles. The number of nitrogens with zero attached hydrogens (tertiary/aromatic N) is 1. The van der Waals surface area contributed by atoms with E-state index in [1.807, 2.05) is 0 Å². The molecule has 1 rings (SSSR count). The standard InChI is InChI=1S/C13H15FN2O4S/c1-18-9-5-7(8(14)6-10(9)19-2)11(15)12(21-4)16-13(17)20-3/h5-6,15H,1-4H3/b15-11?,16-12-. The zero-order chi connectivity index (χ0) is 16.0. The fraction of sp³-hybridized carbons (Fsp3) is 0.308. The van der Waals surface area contributed by atoms with Crippen LogP contribution in [0.25, 0.3) is 0 Å². The second kappa shape index (κ2) is 7.63. The lowest BCUT2D eigenvalue weighted by Gasteiger charge is -2.12. The number of carbonyl (C=O) groups is 1. The lowest BCUT2D eigenvalue weighted by molar-refractivity contribution is 0.183. The zero-order valence-electron chi connectivity index (χ0n) is 12.0. The van der Waals surface area contributed by atoms with Gasteiger partial charge in [-0.05, 0) is 12.3 Å². The number of halogens is 1. The van der Waals surface area contributed by atoms with E-state index in [0.717, 1.165) is 17.8 Å². The highest BCUT2D eigenvalue weighted by molar-refractivity contribution is 8.15. The summed E-state index contributed by atoms with van der Waals surface area (Å²) >= 11 is 1.03. The molecule has 0 radical (unpaired) electrons. The average Bonchev–Trinajstić information content (AvgIpc) is 2.51. The van der Waals surface area contributed by atoms with Gasteiger partial charge in [0.15, 0.2) is 11.5 Å². The first-order valence-electron chi connectivity index (χ1n) is 5.69. The summed E-state index contributed by atoms with van der Waals surface area (Å²) in [6.07, 6.45) is 0.764. The van der Waals surface area contributed by atoms with Crippen molar-refractivity contribution in [3.05, 3.63) is 23.5 Å². The van der Waals surface area contributed by atoms with Gasteiger partial charge < -0.3 is 14.2 Å². The van der Waals surface area contributed by atoms with Crippen molar-refractivity contribution in [3.8, 4) is 11.5 Å². The number of hydrogen-bond donors (Lipinski definition) is 1. The third-order valence-electron chi connectivity index (χ3n) is 2.52. The number of benzene rings is 1. The Morgan fingerprint density at radius 3 is 2.29 bits per heavy atom. The number of amides is 1. The molecule has 0 aliphatic carbocycles. The highest BCUT2D eigenvalue weighted by Gasteiger charge is 2.19. The van der Waals surface area contributed by atoms with E-state index in [9.17, 15) is 9.18 Å². The molecule has 0 saturated heterocycles. The molecular weight excluding hydrogens is 299 g/mol. The quantitative estimate of drug-likeness (QED) is 0.682. The van der Waals surface area contributed by atoms with E-state index in [1.165, 1.54) is 27.4 Å². The Kier molecular flexibility index (Phi) is 6.16. The van der Waals surface area contributed by atoms with E-state index in [1.54, 1.807) is 6.26 Å². The number of thioether (sulfide) groups is 1. The van der Waals surface area contributed by atoms with Crippen LogP contribution in [0.2, 0.25) is 0 Å². The highest BCUT2D eigenvalue weighted by atomic mass is 32.2. The molecule has 8 heteroatoms. The van der Waals surface area contributed by atoms with Gasteiger partial charge in [0.2, 0.25) is 0 Å². The molecule has 1 aromatic carbocycles. The Hall–Kier alpha value is -2.09. The number of carbonyl (C=O) groups excluding carboxylic acids is 1. The summed E-state index contributed by atoms with van der Waals surface area (Å²) in [5.74, 6) is -0.191. The predicted octanol–water partition coefficient (Wildman–Crippen LogP) is 2.74. The summed E-state index contributed by atoms with van der Waals surface area (Å²) in [5, 5.41) is 8.03. The maximum absolute atomic E-state index is 14.1. The minimum absolute atomic E-state index is 0.0352. The van der Waals surface area contributed by atoms with Crippen LogP contribution in [0.5, 0.6) is 11.5 Å². The predicted molar refractivity (Wildman–Crippen MR) is 79.7 cm³/mol. The molecule has 1 amide bonds. The molecule has 0 heterocycles. The van der Waals surface area contributed by atoms with Gasteiger partial charge in [-0.25, -0.2) is 9.18 Å². The SMILES string of the molecule is COC(=O)/N=C(\SC)C(=N)c1cc(OC)c(OC)cc1F. The van der Waals surface area contributed by atoms with Crippen LogP contribution >= 0.6 is 11.8 Å². The third kappa shape index (κ3) is 3.94. The van der Waals surface area contributed by atoms with Crippen LogP contribution in [-0.4, -0.2) is 44.4 Å². The van der Waals surface area contributed by atoms with Crippen molar-refractivity contribution < 1.29 is 23.4 Å². The lowest BCUT2D eigenvalue weighted by Crippen LogP contribution is -2.15. The Morgan fingerprint density at radius 1 is 1.24 bits per heavy atom. The van der Waals surface area contributed by atoms with Crippen molar-refractivity contribution in [2.24, 2.45) is 4.99 Å². The molecule has 1 N–H and O–H groups in total. The fourth-order valence-corrected chi connectivity index (χ4v) is 1.97. The van der Waals surface area contributed by atoms with Gasteiger partial charge in [-0.2, -0.15) is 4.99 Å². The molecule has 6 nitrogen and oxygen atoms in total. The topological polar surface area (TPSA) is 81.0 Å². The van der Waals surface area contributed by atoms with Gasteiger partial charge >= 0.3 is 6.09 Å². The number of nitrogens with one attached hydrogen (secondary N) is 1. The maximum Gasteiger partial charge on any atom is 0.434 e. The van der Waals surface area contributed by atoms with E-state index in [2.05, 4.69) is 9.73 Å². The molecular formula is C13H15FN2O4S. The van der Waals surface area contributed by atoms with Crippen molar-refractivity contribution in [2.75, 3.05) is 27.6 Å². The fourth-order valence-electron chi connectivity index (χ4n) is 1.49. The Bertz CT molecular complexity index is 590. The average molecular weight is 314 g/mol. The van der Waals surface area contributed by atoms with Crippen LogP contribution in [0, 0.1) is 11.2 Å². The van der Waals surface area contributed by atoms with Crippen LogP contribution in [0.4, 0.5) is 9.18 Å². The second-order valence-corrected chi connectivity index (χ2v) is 4.45. The van der Waals surface area contributed by atoms with Crippen LogP contribution in [0.1, 0.15) is 5.56 Å². The molecule has 0 atom stereocenters. The Morgan fingerprint density at radius 2 is 1.81 bits per heavy atom. The highest BCUT2D eigenvalue weighted by Crippen LogP contribution is 2.30. The molecule has 0 aromatic heterocycles. The zero-order valence-corrected chi connectivity index (χ0v) is 12.8. The Balaban J connectivity index is 3.29. The molecule has 114 valence electrons. The first kappa shape index (κ1) is 17.0. The van der Waals surface area contributed by atoms with Gasteiger partial charge in [-0.1, -0.05) is 0 Å². The normalized spacial score (nSPS) is 11.0. The lowest BCUT2D eigenvalue weighted by atomic mass is 10.1. The van der Waals surface area contributed by atoms with E-state index >= 15 is 0 Å². The number of rotatable bonds is 4. The van der Waals surface area contributed by atoms with Gasteiger partial charge in [0.1, 0.15) is 10.9 Å². The monoisotopic (exact) mass is 314 g/mol. The first-order chi connectivity index (χ1) is 9.98. The number of methoxy groups -OCH3 is 3. The van der Waals surface area contributed by atoms with Crippen LogP contribution in [0.3, 0.4) is 0 Å². The molecule has 0 bridgehead atoms. The van der Waals surface area contributed by atoms with Gasteiger partial charge in [0.25, 0.3) is 0 Å². The summed E-state index contributed by atoms with van der Waals surface area (Å²) < 4.78 is 28.5. The molecule has 0 spiro atoms. The van der Waals surface area contributed by atoms with Crippen molar-refractivity contribution in [1.29, 1.82) is 5.41 Å². The minimum atomic E-state index is -0.856. The molecule has 0 aliphatic rings. The maximum atomic E-state index is 14.1. The molecule has 1 aromatic rings. The summed E-state index contributed by atoms with van der Waals surface area (Å²) in [6.45, 7) is 0. The van der Waals surface area contributed by atoms with Crippen molar-refractivity contribution in [2.45, 2.75) is 0 Å². The van der Waals surface area contributed by atoms with Crippen LogP contribution in [-0.2, 0) is 4.74 Å². The van der Waals surface area contributed by atoms with Crippen molar-refractivity contribution >= 4 is 28.6 Å². The third-order valence-corrected chi connectivity index (χ3v) is 3.20. The van der Waals surface area contributed by atoms with Crippen LogP contribution in [0.15, 0.2) is 17.1 Å². The van der Waals surface area contributed by atoms with E-state index < -0.39 is 11.9 Å². The molecule has 21 heavy (non-hydrogen) atoms. The first-order valence-corrected chi connectivity index (χ1v) is 6.92. The summed E-state index contributed by atoms with van der Waals surface area (Å²) in [6, 6.07) is 2.43. The number of aliphatic imine (C=N–C) groups is 1. The second-order valence-electron chi connectivity index (χ2n) is 3.65. The van der Waals surface area contributed by atoms with Crippen molar-refractivity contribution in [3.63, 3.8) is 0 Å². The van der Waals surface area contributed by atoms with Gasteiger partial charge in [0, 0.05) is 11.6 Å². The number of hydrogen-bond acceptors (Lipinski definition) is 6. The van der Waals surface area contributed by atoms with E-state index in [-0.39, 0.29) is 27.8 Å². The van der Waals surface area contributed by atoms with Gasteiger partial charge in [-0.3, -0.25) is 5.41 Å². The summed E-state index contributed by atoms with van der Waals surface area (Å²) in [7, 11) is 3.96. The van der Waals surface area contributed by atoms with Crippen LogP contribution < -0.4 is 9.47 Å². The largest absolute Gasteiger partial charge is 0.493 e. The van der Waals surface area contributed by atoms with Crippen molar-refractivity contribution in [1.82, 2.24) is 0 Å². The van der Waals surface area contributed by atoms with Gasteiger partial charge in [0.05, 0.1) is 27.0 Å². The molecule has 0 fully saturated rings. The Labute approximate surface area is 125 Å². The summed E-state index contributed by atoms with van der Waals surface area (Å²) in [4.78, 5) is 14.8. The number of ether oxygens (including phenoxy) is 3. The smallest absolute Gasteiger partial charge is 0.434 e. The summed E-state index contributed by atoms with van der Waals surface area (Å²) in [5.41, 5.74) is -0.295. The van der Waals surface area contributed by atoms with E-state index in [4.69, 9.17) is 14.9 Å². The van der Waals surface area contributed by atoms with E-state index in [0.29, 0.717) is 0 Å². The van der Waals surface area contributed by atoms with Gasteiger partial charge in [-0.15, -0.1) is 11.8 Å². The minimum Gasteiger partial charge on any atom is -0.493 e. The molecule has 0 unspecified atom stereocenters.